The quantitative estimate of drug-likeness (QED) is 0.549. The zero-order chi connectivity index (χ0) is 19.2. The minimum atomic E-state index is -0.185. The molecule has 0 spiro atoms. The Morgan fingerprint density at radius 1 is 1.15 bits per heavy atom. The smallest absolute Gasteiger partial charge is 0.314 e. The first-order valence-electron chi connectivity index (χ1n) is 8.74. The molecule has 27 heavy (non-hydrogen) atoms. The van der Waals surface area contributed by atoms with Gasteiger partial charge in [-0.05, 0) is 38.1 Å². The van der Waals surface area contributed by atoms with Gasteiger partial charge in [-0.25, -0.2) is 19.4 Å². The molecule has 9 heteroatoms. The van der Waals surface area contributed by atoms with Crippen molar-refractivity contribution >= 4 is 22.9 Å². The zero-order valence-electron chi connectivity index (χ0n) is 15.6. The molecule has 0 unspecified atom stereocenters. The van der Waals surface area contributed by atoms with E-state index >= 15 is 0 Å². The Labute approximate surface area is 157 Å². The number of carbonyl (C=O) groups is 1. The highest BCUT2D eigenvalue weighted by molar-refractivity contribution is 5.87. The summed E-state index contributed by atoms with van der Waals surface area (Å²) in [4.78, 5) is 20.4. The van der Waals surface area contributed by atoms with E-state index in [4.69, 9.17) is 4.74 Å². The molecule has 142 valence electrons. The van der Waals surface area contributed by atoms with Crippen LogP contribution in [0.25, 0.3) is 16.7 Å². The Kier molecular flexibility index (Phi) is 5.70. The van der Waals surface area contributed by atoms with Crippen molar-refractivity contribution in [3.05, 3.63) is 36.3 Å². The molecule has 0 fully saturated rings. The molecule has 0 bridgehead atoms. The number of amides is 2. The van der Waals surface area contributed by atoms with E-state index in [0.29, 0.717) is 36.9 Å². The average molecular weight is 369 g/mol. The van der Waals surface area contributed by atoms with Gasteiger partial charge in [0, 0.05) is 19.6 Å². The van der Waals surface area contributed by atoms with Gasteiger partial charge in [-0.1, -0.05) is 0 Å². The third-order valence-electron chi connectivity index (χ3n) is 3.90. The highest BCUT2D eigenvalue weighted by Gasteiger charge is 2.12. The number of hydrogen-bond acceptors (Lipinski definition) is 6. The maximum absolute atomic E-state index is 11.4. The standard InChI is InChI=1S/C18H23N7O2/c1-4-19-18(26)21-10-9-20-16-15-11-22-25(17(15)24-12(2)23-16)13-5-7-14(27-3)8-6-13/h5-8,11H,4,9-10H2,1-3H3,(H2,19,21,26)(H,20,23,24). The molecular weight excluding hydrogens is 346 g/mol. The number of benzene rings is 1. The van der Waals surface area contributed by atoms with Crippen molar-refractivity contribution in [2.45, 2.75) is 13.8 Å². The van der Waals surface area contributed by atoms with Gasteiger partial charge in [0.05, 0.1) is 24.4 Å². The van der Waals surface area contributed by atoms with E-state index in [1.807, 2.05) is 38.1 Å². The van der Waals surface area contributed by atoms with Crippen LogP contribution >= 0.6 is 0 Å². The summed E-state index contributed by atoms with van der Waals surface area (Å²) in [6.45, 7) is 5.32. The Hall–Kier alpha value is -3.36. The summed E-state index contributed by atoms with van der Waals surface area (Å²) in [5.74, 6) is 2.11. The number of fused-ring (bicyclic) bond motifs is 1. The van der Waals surface area contributed by atoms with Gasteiger partial charge in [0.1, 0.15) is 17.4 Å². The normalized spacial score (nSPS) is 10.6. The molecule has 3 aromatic rings. The molecule has 1 aromatic carbocycles. The molecule has 0 saturated carbocycles. The Morgan fingerprint density at radius 3 is 2.63 bits per heavy atom. The predicted octanol–water partition coefficient (Wildman–Crippen LogP) is 1.86. The third kappa shape index (κ3) is 4.25. The summed E-state index contributed by atoms with van der Waals surface area (Å²) < 4.78 is 6.96. The monoisotopic (exact) mass is 369 g/mol. The molecule has 0 radical (unpaired) electrons. The van der Waals surface area contributed by atoms with Gasteiger partial charge in [-0.15, -0.1) is 0 Å². The number of hydrogen-bond donors (Lipinski definition) is 3. The van der Waals surface area contributed by atoms with E-state index in [-0.39, 0.29) is 6.03 Å². The number of methoxy groups -OCH3 is 1. The van der Waals surface area contributed by atoms with Crippen molar-refractivity contribution < 1.29 is 9.53 Å². The molecular formula is C18H23N7O2. The van der Waals surface area contributed by atoms with Crippen LogP contribution in [0.2, 0.25) is 0 Å². The van der Waals surface area contributed by atoms with E-state index in [9.17, 15) is 4.79 Å². The van der Waals surface area contributed by atoms with Gasteiger partial charge in [-0.3, -0.25) is 0 Å². The molecule has 0 aliphatic carbocycles. The summed E-state index contributed by atoms with van der Waals surface area (Å²) in [5, 5.41) is 14.0. The lowest BCUT2D eigenvalue weighted by Gasteiger charge is -2.10. The minimum Gasteiger partial charge on any atom is -0.497 e. The fourth-order valence-electron chi connectivity index (χ4n) is 2.64. The fourth-order valence-corrected chi connectivity index (χ4v) is 2.64. The summed E-state index contributed by atoms with van der Waals surface area (Å²) in [6.07, 6.45) is 1.73. The lowest BCUT2D eigenvalue weighted by molar-refractivity contribution is 0.242. The van der Waals surface area contributed by atoms with Crippen molar-refractivity contribution in [3.63, 3.8) is 0 Å². The van der Waals surface area contributed by atoms with Crippen LogP contribution in [0.5, 0.6) is 5.75 Å². The molecule has 0 aliphatic heterocycles. The van der Waals surface area contributed by atoms with Crippen LogP contribution in [0, 0.1) is 6.92 Å². The first-order valence-corrected chi connectivity index (χ1v) is 8.74. The molecule has 9 nitrogen and oxygen atoms in total. The number of nitrogens with one attached hydrogen (secondary N) is 3. The highest BCUT2D eigenvalue weighted by Crippen LogP contribution is 2.23. The molecule has 3 rings (SSSR count). The van der Waals surface area contributed by atoms with Gasteiger partial charge < -0.3 is 20.7 Å². The summed E-state index contributed by atoms with van der Waals surface area (Å²) in [5.41, 5.74) is 1.60. The number of anilines is 1. The molecule has 0 atom stereocenters. The highest BCUT2D eigenvalue weighted by atomic mass is 16.5. The topological polar surface area (TPSA) is 106 Å². The molecule has 3 N–H and O–H groups in total. The van der Waals surface area contributed by atoms with Crippen molar-refractivity contribution in [1.29, 1.82) is 0 Å². The molecule has 0 saturated heterocycles. The molecule has 2 amide bonds. The second-order valence-electron chi connectivity index (χ2n) is 5.82. The lowest BCUT2D eigenvalue weighted by Crippen LogP contribution is -2.37. The Bertz CT molecular complexity index is 921. The van der Waals surface area contributed by atoms with E-state index in [2.05, 4.69) is 31.0 Å². The van der Waals surface area contributed by atoms with Crippen LogP contribution in [0.1, 0.15) is 12.7 Å². The van der Waals surface area contributed by atoms with Crippen LogP contribution in [-0.2, 0) is 0 Å². The van der Waals surface area contributed by atoms with Gasteiger partial charge in [0.25, 0.3) is 0 Å². The first-order chi connectivity index (χ1) is 13.1. The Morgan fingerprint density at radius 2 is 1.93 bits per heavy atom. The van der Waals surface area contributed by atoms with E-state index in [1.165, 1.54) is 0 Å². The van der Waals surface area contributed by atoms with Gasteiger partial charge in [0.2, 0.25) is 0 Å². The zero-order valence-corrected chi connectivity index (χ0v) is 15.6. The number of nitrogens with zero attached hydrogens (tertiary/aromatic N) is 4. The summed E-state index contributed by atoms with van der Waals surface area (Å²) in [6, 6.07) is 7.42. The molecule has 2 aromatic heterocycles. The SMILES string of the molecule is CCNC(=O)NCCNc1nc(C)nc2c1cnn2-c1ccc(OC)cc1. The van der Waals surface area contributed by atoms with Gasteiger partial charge >= 0.3 is 6.03 Å². The Balaban J connectivity index is 1.79. The average Bonchev–Trinajstić information content (AvgIpc) is 3.09. The van der Waals surface area contributed by atoms with Crippen molar-refractivity contribution in [3.8, 4) is 11.4 Å². The predicted molar refractivity (Wildman–Crippen MR) is 104 cm³/mol. The summed E-state index contributed by atoms with van der Waals surface area (Å²) in [7, 11) is 1.63. The third-order valence-corrected chi connectivity index (χ3v) is 3.90. The maximum atomic E-state index is 11.4. The number of aryl methyl sites for hydroxylation is 1. The van der Waals surface area contributed by atoms with Crippen LogP contribution in [-0.4, -0.2) is 52.5 Å². The second-order valence-corrected chi connectivity index (χ2v) is 5.82. The number of ether oxygens (including phenoxy) is 1. The first kappa shape index (κ1) is 18.4. The van der Waals surface area contributed by atoms with Crippen molar-refractivity contribution in [2.75, 3.05) is 32.1 Å². The van der Waals surface area contributed by atoms with E-state index in [0.717, 1.165) is 16.8 Å². The van der Waals surface area contributed by atoms with Crippen LogP contribution in [0.4, 0.5) is 10.6 Å². The van der Waals surface area contributed by atoms with Crippen molar-refractivity contribution in [1.82, 2.24) is 30.4 Å². The van der Waals surface area contributed by atoms with Crippen LogP contribution in [0.3, 0.4) is 0 Å². The lowest BCUT2D eigenvalue weighted by atomic mass is 10.3. The number of carbonyl (C=O) groups excluding carboxylic acids is 1. The van der Waals surface area contributed by atoms with Gasteiger partial charge in [0.15, 0.2) is 5.65 Å². The van der Waals surface area contributed by atoms with E-state index < -0.39 is 0 Å². The fraction of sp³-hybridized carbons (Fsp3) is 0.333. The van der Waals surface area contributed by atoms with Gasteiger partial charge in [-0.2, -0.15) is 5.10 Å². The largest absolute Gasteiger partial charge is 0.497 e. The number of rotatable bonds is 7. The number of urea groups is 1. The number of aromatic nitrogens is 4. The van der Waals surface area contributed by atoms with Crippen molar-refractivity contribution in [2.24, 2.45) is 0 Å². The van der Waals surface area contributed by atoms with Crippen LogP contribution in [0.15, 0.2) is 30.5 Å². The second kappa shape index (κ2) is 8.35. The van der Waals surface area contributed by atoms with E-state index in [1.54, 1.807) is 18.0 Å². The minimum absolute atomic E-state index is 0.185. The summed E-state index contributed by atoms with van der Waals surface area (Å²) >= 11 is 0. The molecule has 2 heterocycles. The van der Waals surface area contributed by atoms with Crippen LogP contribution < -0.4 is 20.7 Å². The maximum Gasteiger partial charge on any atom is 0.314 e. The molecule has 0 aliphatic rings.